The van der Waals surface area contributed by atoms with Gasteiger partial charge in [0.25, 0.3) is 0 Å². The molecule has 2 saturated heterocycles. The first-order chi connectivity index (χ1) is 8.25. The Balaban J connectivity index is 0.00000120. The second kappa shape index (κ2) is 5.38. The Morgan fingerprint density at radius 3 is 2.83 bits per heavy atom. The summed E-state index contributed by atoms with van der Waals surface area (Å²) in [5.41, 5.74) is 0.0770. The summed E-state index contributed by atoms with van der Waals surface area (Å²) in [6.07, 6.45) is 6.96. The van der Waals surface area contributed by atoms with Crippen LogP contribution in [0.1, 0.15) is 45.4 Å². The molecule has 3 aliphatic rings. The van der Waals surface area contributed by atoms with E-state index in [9.17, 15) is 4.79 Å². The Labute approximate surface area is 116 Å². The molecule has 0 aromatic rings. The number of carbonyl (C=O) groups is 1. The molecule has 3 nitrogen and oxygen atoms in total. The standard InChI is InChI=1S/C14H24N2O.ClH/c1-2-5-14(6-7-14)13(17)16-9-4-12-11(10-16)3-8-15-12;/h11-12,15H,2-10H2,1H3;1H. The Morgan fingerprint density at radius 1 is 1.39 bits per heavy atom. The van der Waals surface area contributed by atoms with Crippen LogP contribution in [-0.2, 0) is 4.79 Å². The minimum atomic E-state index is 0. The molecule has 3 fully saturated rings. The Hall–Kier alpha value is -0.280. The summed E-state index contributed by atoms with van der Waals surface area (Å²) in [6.45, 7) is 5.35. The molecule has 4 heteroatoms. The molecule has 1 saturated carbocycles. The summed E-state index contributed by atoms with van der Waals surface area (Å²) < 4.78 is 0. The van der Waals surface area contributed by atoms with Crippen molar-refractivity contribution >= 4 is 18.3 Å². The summed E-state index contributed by atoms with van der Waals surface area (Å²) in [6, 6.07) is 0.695. The number of likely N-dealkylation sites (tertiary alicyclic amines) is 1. The molecule has 0 bridgehead atoms. The molecule has 0 spiro atoms. The van der Waals surface area contributed by atoms with Crippen LogP contribution in [0, 0.1) is 11.3 Å². The molecule has 2 aliphatic heterocycles. The van der Waals surface area contributed by atoms with Crippen LogP contribution in [0.25, 0.3) is 0 Å². The molecule has 3 rings (SSSR count). The van der Waals surface area contributed by atoms with E-state index in [1.54, 1.807) is 0 Å². The Morgan fingerprint density at radius 2 is 2.17 bits per heavy atom. The molecule has 1 amide bonds. The quantitative estimate of drug-likeness (QED) is 0.854. The van der Waals surface area contributed by atoms with Gasteiger partial charge in [0.1, 0.15) is 0 Å². The van der Waals surface area contributed by atoms with E-state index in [0.29, 0.717) is 11.9 Å². The van der Waals surface area contributed by atoms with E-state index in [1.807, 2.05) is 0 Å². The number of rotatable bonds is 3. The van der Waals surface area contributed by atoms with Crippen LogP contribution < -0.4 is 5.32 Å². The van der Waals surface area contributed by atoms with Crippen LogP contribution >= 0.6 is 12.4 Å². The zero-order valence-corrected chi connectivity index (χ0v) is 12.1. The van der Waals surface area contributed by atoms with Gasteiger partial charge < -0.3 is 10.2 Å². The van der Waals surface area contributed by atoms with Crippen LogP contribution in [0.5, 0.6) is 0 Å². The predicted octanol–water partition coefficient (Wildman–Crippen LogP) is 2.20. The van der Waals surface area contributed by atoms with Crippen molar-refractivity contribution in [2.24, 2.45) is 11.3 Å². The average Bonchev–Trinajstić information content (AvgIpc) is 2.97. The molecule has 0 radical (unpaired) electrons. The molecule has 104 valence electrons. The molecular weight excluding hydrogens is 248 g/mol. The third-order valence-electron chi connectivity index (χ3n) is 4.98. The van der Waals surface area contributed by atoms with E-state index in [4.69, 9.17) is 0 Å². The van der Waals surface area contributed by atoms with Crippen molar-refractivity contribution in [1.82, 2.24) is 10.2 Å². The maximum atomic E-state index is 12.6. The van der Waals surface area contributed by atoms with Gasteiger partial charge >= 0.3 is 0 Å². The van der Waals surface area contributed by atoms with Crippen LogP contribution in [0.15, 0.2) is 0 Å². The van der Waals surface area contributed by atoms with Crippen molar-refractivity contribution < 1.29 is 4.79 Å². The van der Waals surface area contributed by atoms with Crippen LogP contribution in [0.4, 0.5) is 0 Å². The number of fused-ring (bicyclic) bond motifs is 1. The van der Waals surface area contributed by atoms with Crippen LogP contribution in [0.2, 0.25) is 0 Å². The summed E-state index contributed by atoms with van der Waals surface area (Å²) in [4.78, 5) is 14.7. The number of nitrogens with one attached hydrogen (secondary N) is 1. The van der Waals surface area contributed by atoms with E-state index < -0.39 is 0 Å². The van der Waals surface area contributed by atoms with Crippen molar-refractivity contribution in [1.29, 1.82) is 0 Å². The minimum Gasteiger partial charge on any atom is -0.342 e. The van der Waals surface area contributed by atoms with Gasteiger partial charge in [-0.05, 0) is 44.6 Å². The Bertz CT molecular complexity index is 317. The molecule has 1 aliphatic carbocycles. The summed E-state index contributed by atoms with van der Waals surface area (Å²) in [5.74, 6) is 1.20. The van der Waals surface area contributed by atoms with Gasteiger partial charge in [0, 0.05) is 24.5 Å². The molecular formula is C14H25ClN2O. The third-order valence-corrected chi connectivity index (χ3v) is 4.98. The normalized spacial score (nSPS) is 32.6. The number of carbonyl (C=O) groups excluding carboxylic acids is 1. The highest BCUT2D eigenvalue weighted by Crippen LogP contribution is 2.51. The maximum absolute atomic E-state index is 12.6. The van der Waals surface area contributed by atoms with Crippen LogP contribution in [0.3, 0.4) is 0 Å². The molecule has 2 heterocycles. The fraction of sp³-hybridized carbons (Fsp3) is 0.929. The number of halogens is 1. The fourth-order valence-electron chi connectivity index (χ4n) is 3.77. The SMILES string of the molecule is CCCC1(C(=O)N2CCC3NCCC3C2)CC1.Cl. The van der Waals surface area contributed by atoms with Crippen molar-refractivity contribution in [2.45, 2.75) is 51.5 Å². The molecule has 2 unspecified atom stereocenters. The van der Waals surface area contributed by atoms with E-state index in [-0.39, 0.29) is 17.8 Å². The fourth-order valence-corrected chi connectivity index (χ4v) is 3.77. The summed E-state index contributed by atoms with van der Waals surface area (Å²) in [5, 5.41) is 3.56. The molecule has 0 aromatic heterocycles. The average molecular weight is 273 g/mol. The van der Waals surface area contributed by atoms with Gasteiger partial charge in [-0.2, -0.15) is 0 Å². The topological polar surface area (TPSA) is 32.3 Å². The highest BCUT2D eigenvalue weighted by atomic mass is 35.5. The predicted molar refractivity (Wildman–Crippen MR) is 74.9 cm³/mol. The molecule has 18 heavy (non-hydrogen) atoms. The van der Waals surface area contributed by atoms with Crippen molar-refractivity contribution in [3.8, 4) is 0 Å². The van der Waals surface area contributed by atoms with Gasteiger partial charge in [-0.1, -0.05) is 13.3 Å². The number of piperidine rings is 1. The molecule has 0 aromatic carbocycles. The van der Waals surface area contributed by atoms with Gasteiger partial charge in [-0.3, -0.25) is 4.79 Å². The smallest absolute Gasteiger partial charge is 0.228 e. The highest BCUT2D eigenvalue weighted by Gasteiger charge is 2.51. The van der Waals surface area contributed by atoms with Gasteiger partial charge in [-0.25, -0.2) is 0 Å². The van der Waals surface area contributed by atoms with Crippen molar-refractivity contribution in [3.05, 3.63) is 0 Å². The summed E-state index contributed by atoms with van der Waals surface area (Å²) >= 11 is 0. The second-order valence-corrected chi connectivity index (χ2v) is 6.18. The monoisotopic (exact) mass is 272 g/mol. The highest BCUT2D eigenvalue weighted by molar-refractivity contribution is 5.85. The summed E-state index contributed by atoms with van der Waals surface area (Å²) in [7, 11) is 0. The van der Waals surface area contributed by atoms with Gasteiger partial charge in [0.15, 0.2) is 0 Å². The lowest BCUT2D eigenvalue weighted by molar-refractivity contribution is -0.139. The lowest BCUT2D eigenvalue weighted by Gasteiger charge is -2.37. The van der Waals surface area contributed by atoms with Crippen molar-refractivity contribution in [2.75, 3.05) is 19.6 Å². The zero-order valence-electron chi connectivity index (χ0n) is 11.3. The number of nitrogens with zero attached hydrogens (tertiary/aromatic N) is 1. The minimum absolute atomic E-state index is 0. The zero-order chi connectivity index (χ0) is 11.9. The third kappa shape index (κ3) is 2.39. The molecule has 2 atom stereocenters. The Kier molecular flexibility index (Phi) is 4.22. The largest absolute Gasteiger partial charge is 0.342 e. The van der Waals surface area contributed by atoms with Gasteiger partial charge in [0.2, 0.25) is 5.91 Å². The van der Waals surface area contributed by atoms with E-state index >= 15 is 0 Å². The van der Waals surface area contributed by atoms with E-state index in [0.717, 1.165) is 51.2 Å². The number of hydrogen-bond donors (Lipinski definition) is 1. The maximum Gasteiger partial charge on any atom is 0.228 e. The van der Waals surface area contributed by atoms with Crippen LogP contribution in [-0.4, -0.2) is 36.5 Å². The first kappa shape index (κ1) is 14.1. The lowest BCUT2D eigenvalue weighted by atomic mass is 9.91. The van der Waals surface area contributed by atoms with E-state index in [1.165, 1.54) is 12.8 Å². The number of amides is 1. The number of hydrogen-bond acceptors (Lipinski definition) is 2. The van der Waals surface area contributed by atoms with E-state index in [2.05, 4.69) is 17.1 Å². The molecule has 1 N–H and O–H groups in total. The van der Waals surface area contributed by atoms with Gasteiger partial charge in [0.05, 0.1) is 0 Å². The lowest BCUT2D eigenvalue weighted by Crippen LogP contribution is -2.49. The first-order valence-electron chi connectivity index (χ1n) is 7.28. The van der Waals surface area contributed by atoms with Gasteiger partial charge in [-0.15, -0.1) is 12.4 Å². The second-order valence-electron chi connectivity index (χ2n) is 6.18. The van der Waals surface area contributed by atoms with Crippen molar-refractivity contribution in [3.63, 3.8) is 0 Å². The first-order valence-corrected chi connectivity index (χ1v) is 7.28.